The van der Waals surface area contributed by atoms with Gasteiger partial charge in [-0.1, -0.05) is 42.0 Å². The number of benzene rings is 2. The van der Waals surface area contributed by atoms with Gasteiger partial charge in [0.2, 0.25) is 0 Å². The first-order valence-corrected chi connectivity index (χ1v) is 8.13. The Hall–Kier alpha value is -2.82. The van der Waals surface area contributed by atoms with Gasteiger partial charge < -0.3 is 14.8 Å². The lowest BCUT2D eigenvalue weighted by molar-refractivity contribution is -0.154. The third kappa shape index (κ3) is 5.95. The first kappa shape index (κ1) is 18.5. The number of ether oxygens (including phenoxy) is 2. The molecule has 5 nitrogen and oxygen atoms in total. The molecule has 0 saturated heterocycles. The largest absolute Gasteiger partial charge is 0.497 e. The Morgan fingerprint density at radius 2 is 1.60 bits per heavy atom. The average Bonchev–Trinajstić information content (AvgIpc) is 2.61. The van der Waals surface area contributed by atoms with Crippen LogP contribution < -0.4 is 10.1 Å². The highest BCUT2D eigenvalue weighted by atomic mass is 16.5. The van der Waals surface area contributed by atoms with E-state index in [2.05, 4.69) is 5.32 Å². The molecular weight excluding hydrogens is 318 g/mol. The van der Waals surface area contributed by atoms with E-state index in [-0.39, 0.29) is 12.3 Å². The predicted octanol–water partition coefficient (Wildman–Crippen LogP) is 2.79. The number of carbonyl (C=O) groups excluding carboxylic acids is 2. The van der Waals surface area contributed by atoms with Gasteiger partial charge in [0.25, 0.3) is 5.91 Å². The highest BCUT2D eigenvalue weighted by Crippen LogP contribution is 2.12. The van der Waals surface area contributed by atoms with Crippen molar-refractivity contribution in [3.8, 4) is 5.75 Å². The zero-order valence-corrected chi connectivity index (χ0v) is 14.7. The van der Waals surface area contributed by atoms with E-state index < -0.39 is 12.1 Å². The minimum Gasteiger partial charge on any atom is -0.497 e. The Morgan fingerprint density at radius 1 is 1.00 bits per heavy atom. The summed E-state index contributed by atoms with van der Waals surface area (Å²) < 4.78 is 10.3. The van der Waals surface area contributed by atoms with Crippen molar-refractivity contribution in [3.05, 3.63) is 65.2 Å². The van der Waals surface area contributed by atoms with Crippen molar-refractivity contribution >= 4 is 11.9 Å². The Kier molecular flexibility index (Phi) is 6.57. The highest BCUT2D eigenvalue weighted by Gasteiger charge is 2.17. The number of carbonyl (C=O) groups is 2. The summed E-state index contributed by atoms with van der Waals surface area (Å²) in [4.78, 5) is 24.0. The molecule has 25 heavy (non-hydrogen) atoms. The van der Waals surface area contributed by atoms with Crippen LogP contribution in [0.25, 0.3) is 0 Å². The summed E-state index contributed by atoms with van der Waals surface area (Å²) in [6.45, 7) is 3.97. The van der Waals surface area contributed by atoms with Gasteiger partial charge in [0.15, 0.2) is 6.10 Å². The van der Waals surface area contributed by atoms with Crippen LogP contribution in [-0.4, -0.2) is 25.1 Å². The number of methoxy groups -OCH3 is 1. The molecule has 0 saturated carbocycles. The molecule has 1 N–H and O–H groups in total. The third-order valence-corrected chi connectivity index (χ3v) is 3.77. The molecule has 0 aromatic heterocycles. The van der Waals surface area contributed by atoms with Crippen molar-refractivity contribution in [2.24, 2.45) is 0 Å². The van der Waals surface area contributed by atoms with Gasteiger partial charge in [-0.05, 0) is 37.1 Å². The molecule has 0 bridgehead atoms. The summed E-state index contributed by atoms with van der Waals surface area (Å²) in [7, 11) is 1.58. The Labute approximate surface area is 148 Å². The van der Waals surface area contributed by atoms with Crippen LogP contribution in [0.15, 0.2) is 48.5 Å². The second kappa shape index (κ2) is 8.87. The number of hydrogen-bond acceptors (Lipinski definition) is 4. The smallest absolute Gasteiger partial charge is 0.311 e. The topological polar surface area (TPSA) is 64.6 Å². The fourth-order valence-corrected chi connectivity index (χ4v) is 2.24. The molecule has 0 aliphatic rings. The average molecular weight is 341 g/mol. The van der Waals surface area contributed by atoms with E-state index in [4.69, 9.17) is 9.47 Å². The maximum Gasteiger partial charge on any atom is 0.311 e. The van der Waals surface area contributed by atoms with Gasteiger partial charge in [-0.25, -0.2) is 0 Å². The molecule has 2 aromatic carbocycles. The first-order valence-electron chi connectivity index (χ1n) is 8.13. The Balaban J connectivity index is 1.78. The lowest BCUT2D eigenvalue weighted by atomic mass is 10.1. The normalized spacial score (nSPS) is 11.5. The van der Waals surface area contributed by atoms with Gasteiger partial charge in [-0.3, -0.25) is 9.59 Å². The van der Waals surface area contributed by atoms with E-state index >= 15 is 0 Å². The SMILES string of the molecule is COc1ccc(CC(=O)OC(C)C(=O)NCc2ccc(C)cc2)cc1. The van der Waals surface area contributed by atoms with Crippen LogP contribution in [0.1, 0.15) is 23.6 Å². The van der Waals surface area contributed by atoms with E-state index in [1.165, 1.54) is 0 Å². The number of hydrogen-bond donors (Lipinski definition) is 1. The summed E-state index contributed by atoms with van der Waals surface area (Å²) in [6.07, 6.45) is -0.726. The second-order valence-electron chi connectivity index (χ2n) is 5.86. The van der Waals surface area contributed by atoms with Gasteiger partial charge in [0.1, 0.15) is 5.75 Å². The summed E-state index contributed by atoms with van der Waals surface area (Å²) in [6, 6.07) is 15.0. The van der Waals surface area contributed by atoms with E-state index in [0.717, 1.165) is 22.4 Å². The number of rotatable bonds is 7. The third-order valence-electron chi connectivity index (χ3n) is 3.77. The van der Waals surface area contributed by atoms with Crippen molar-refractivity contribution in [3.63, 3.8) is 0 Å². The molecular formula is C20H23NO4. The number of amides is 1. The lowest BCUT2D eigenvalue weighted by Crippen LogP contribution is -2.35. The molecule has 1 amide bonds. The molecule has 5 heteroatoms. The predicted molar refractivity (Wildman–Crippen MR) is 95.3 cm³/mol. The van der Waals surface area contributed by atoms with E-state index in [9.17, 15) is 9.59 Å². The zero-order valence-electron chi connectivity index (χ0n) is 14.7. The van der Waals surface area contributed by atoms with Gasteiger partial charge in [0, 0.05) is 6.54 Å². The lowest BCUT2D eigenvalue weighted by Gasteiger charge is -2.14. The first-order chi connectivity index (χ1) is 12.0. The van der Waals surface area contributed by atoms with Crippen molar-refractivity contribution in [1.82, 2.24) is 5.32 Å². The molecule has 0 heterocycles. The number of esters is 1. The quantitative estimate of drug-likeness (QED) is 0.787. The van der Waals surface area contributed by atoms with Gasteiger partial charge in [-0.15, -0.1) is 0 Å². The van der Waals surface area contributed by atoms with E-state index in [1.807, 2.05) is 31.2 Å². The maximum absolute atomic E-state index is 12.0. The van der Waals surface area contributed by atoms with E-state index in [1.54, 1.807) is 38.3 Å². The molecule has 132 valence electrons. The Morgan fingerprint density at radius 3 is 2.20 bits per heavy atom. The van der Waals surface area contributed by atoms with Crippen LogP contribution in [0.3, 0.4) is 0 Å². The van der Waals surface area contributed by atoms with Crippen LogP contribution in [-0.2, 0) is 27.3 Å². The van der Waals surface area contributed by atoms with Gasteiger partial charge in [-0.2, -0.15) is 0 Å². The summed E-state index contributed by atoms with van der Waals surface area (Å²) in [5, 5.41) is 2.77. The molecule has 2 aromatic rings. The van der Waals surface area contributed by atoms with Crippen molar-refractivity contribution in [1.29, 1.82) is 0 Å². The molecule has 1 atom stereocenters. The number of aryl methyl sites for hydroxylation is 1. The van der Waals surface area contributed by atoms with E-state index in [0.29, 0.717) is 6.54 Å². The highest BCUT2D eigenvalue weighted by molar-refractivity contribution is 5.83. The van der Waals surface area contributed by atoms with Crippen molar-refractivity contribution in [2.75, 3.05) is 7.11 Å². The molecule has 1 unspecified atom stereocenters. The molecule has 0 spiro atoms. The molecule has 0 aliphatic heterocycles. The molecule has 2 rings (SSSR count). The van der Waals surface area contributed by atoms with Gasteiger partial charge in [0.05, 0.1) is 13.5 Å². The molecule has 0 fully saturated rings. The van der Waals surface area contributed by atoms with Gasteiger partial charge >= 0.3 is 5.97 Å². The monoisotopic (exact) mass is 341 g/mol. The van der Waals surface area contributed by atoms with Crippen molar-refractivity contribution < 1.29 is 19.1 Å². The fourth-order valence-electron chi connectivity index (χ4n) is 2.24. The Bertz CT molecular complexity index is 707. The van der Waals surface area contributed by atoms with Crippen LogP contribution in [0.2, 0.25) is 0 Å². The maximum atomic E-state index is 12.0. The summed E-state index contributed by atoms with van der Waals surface area (Å²) >= 11 is 0. The van der Waals surface area contributed by atoms with Crippen LogP contribution in [0.5, 0.6) is 5.75 Å². The minimum absolute atomic E-state index is 0.111. The zero-order chi connectivity index (χ0) is 18.2. The standard InChI is InChI=1S/C20H23NO4/c1-14-4-6-17(7-5-14)13-21-20(23)15(2)25-19(22)12-16-8-10-18(24-3)11-9-16/h4-11,15H,12-13H2,1-3H3,(H,21,23). The number of nitrogens with one attached hydrogen (secondary N) is 1. The summed E-state index contributed by atoms with van der Waals surface area (Å²) in [5.41, 5.74) is 2.96. The second-order valence-corrected chi connectivity index (χ2v) is 5.86. The van der Waals surface area contributed by atoms with Crippen LogP contribution in [0, 0.1) is 6.92 Å². The molecule has 0 aliphatic carbocycles. The van der Waals surface area contributed by atoms with Crippen molar-refractivity contribution in [2.45, 2.75) is 32.9 Å². The van der Waals surface area contributed by atoms with Crippen LogP contribution in [0.4, 0.5) is 0 Å². The van der Waals surface area contributed by atoms with Crippen LogP contribution >= 0.6 is 0 Å². The minimum atomic E-state index is -0.837. The fraction of sp³-hybridized carbons (Fsp3) is 0.300. The molecule has 0 radical (unpaired) electrons. The summed E-state index contributed by atoms with van der Waals surface area (Å²) in [5.74, 6) is -0.0345.